The Morgan fingerprint density at radius 1 is 0.769 bits per heavy atom. The molecule has 142 valence electrons. The SMILES string of the molecule is COc1cc(-c2cccc(C(C)(C)C)c2O)c(O)c(C(C)(C)C)c1OC. The number of aromatic hydroxyl groups is 2. The van der Waals surface area contributed by atoms with Gasteiger partial charge in [0.2, 0.25) is 0 Å². The first-order chi connectivity index (χ1) is 11.9. The van der Waals surface area contributed by atoms with E-state index in [-0.39, 0.29) is 22.3 Å². The van der Waals surface area contributed by atoms with E-state index in [1.165, 1.54) is 0 Å². The zero-order valence-corrected chi connectivity index (χ0v) is 17.0. The standard InChI is InChI=1S/C22H30O4/c1-21(2,3)15-11-9-10-13(18(15)23)14-12-16(25-7)20(26-8)17(19(14)24)22(4,5)6/h9-12,23-24H,1-8H3. The Kier molecular flexibility index (Phi) is 5.18. The van der Waals surface area contributed by atoms with Crippen molar-refractivity contribution in [2.75, 3.05) is 14.2 Å². The van der Waals surface area contributed by atoms with Crippen LogP contribution < -0.4 is 9.47 Å². The molecular formula is C22H30O4. The second-order valence-corrected chi connectivity index (χ2v) is 8.58. The maximum atomic E-state index is 11.1. The Morgan fingerprint density at radius 3 is 1.85 bits per heavy atom. The van der Waals surface area contributed by atoms with E-state index >= 15 is 0 Å². The number of phenols is 2. The summed E-state index contributed by atoms with van der Waals surface area (Å²) in [5.74, 6) is 1.29. The molecule has 2 rings (SSSR count). The van der Waals surface area contributed by atoms with Gasteiger partial charge in [-0.3, -0.25) is 0 Å². The molecule has 0 bridgehead atoms. The Morgan fingerprint density at radius 2 is 1.38 bits per heavy atom. The van der Waals surface area contributed by atoms with E-state index in [9.17, 15) is 10.2 Å². The molecule has 2 aromatic carbocycles. The lowest BCUT2D eigenvalue weighted by Crippen LogP contribution is -2.14. The molecule has 0 fully saturated rings. The summed E-state index contributed by atoms with van der Waals surface area (Å²) < 4.78 is 11.0. The van der Waals surface area contributed by atoms with Crippen molar-refractivity contribution in [3.05, 3.63) is 35.4 Å². The van der Waals surface area contributed by atoms with Crippen molar-refractivity contribution in [2.24, 2.45) is 0 Å². The average Bonchev–Trinajstić information content (AvgIpc) is 2.52. The second kappa shape index (κ2) is 6.75. The minimum Gasteiger partial charge on any atom is -0.507 e. The van der Waals surface area contributed by atoms with Crippen LogP contribution in [-0.2, 0) is 10.8 Å². The third kappa shape index (κ3) is 3.46. The Hall–Kier alpha value is -2.36. The van der Waals surface area contributed by atoms with Gasteiger partial charge >= 0.3 is 0 Å². The fourth-order valence-corrected chi connectivity index (χ4v) is 3.25. The quantitative estimate of drug-likeness (QED) is 0.774. The minimum atomic E-state index is -0.379. The minimum absolute atomic E-state index is 0.0940. The Balaban J connectivity index is 2.89. The van der Waals surface area contributed by atoms with E-state index in [4.69, 9.17) is 9.47 Å². The fraction of sp³-hybridized carbons (Fsp3) is 0.455. The normalized spacial score (nSPS) is 12.2. The molecule has 0 aliphatic heterocycles. The summed E-state index contributed by atoms with van der Waals surface area (Å²) in [6.07, 6.45) is 0. The highest BCUT2D eigenvalue weighted by Gasteiger charge is 2.30. The van der Waals surface area contributed by atoms with Crippen molar-refractivity contribution in [3.8, 4) is 34.1 Å². The van der Waals surface area contributed by atoms with Crippen LogP contribution in [0.25, 0.3) is 11.1 Å². The third-order valence-electron chi connectivity index (χ3n) is 4.53. The van der Waals surface area contributed by atoms with Gasteiger partial charge in [0.15, 0.2) is 11.5 Å². The number of para-hydroxylation sites is 1. The van der Waals surface area contributed by atoms with Crippen LogP contribution >= 0.6 is 0 Å². The van der Waals surface area contributed by atoms with Gasteiger partial charge in [0.05, 0.1) is 14.2 Å². The molecule has 0 amide bonds. The number of phenolic OH excluding ortho intramolecular Hbond substituents is 2. The molecule has 0 aromatic heterocycles. The van der Waals surface area contributed by atoms with E-state index < -0.39 is 0 Å². The van der Waals surface area contributed by atoms with Gasteiger partial charge in [0, 0.05) is 16.7 Å². The monoisotopic (exact) mass is 358 g/mol. The van der Waals surface area contributed by atoms with Gasteiger partial charge in [-0.15, -0.1) is 0 Å². The van der Waals surface area contributed by atoms with Crippen LogP contribution in [0.2, 0.25) is 0 Å². The highest BCUT2D eigenvalue weighted by molar-refractivity contribution is 5.82. The molecule has 2 N–H and O–H groups in total. The van der Waals surface area contributed by atoms with Gasteiger partial charge in [-0.1, -0.05) is 59.7 Å². The van der Waals surface area contributed by atoms with Crippen molar-refractivity contribution in [1.82, 2.24) is 0 Å². The Labute approximate surface area is 156 Å². The van der Waals surface area contributed by atoms with Gasteiger partial charge in [-0.05, 0) is 22.5 Å². The first kappa shape index (κ1) is 20.0. The zero-order chi connectivity index (χ0) is 19.9. The molecule has 4 nitrogen and oxygen atoms in total. The molecule has 0 unspecified atom stereocenters. The summed E-state index contributed by atoms with van der Waals surface area (Å²) in [6.45, 7) is 12.1. The van der Waals surface area contributed by atoms with Crippen molar-refractivity contribution >= 4 is 0 Å². The first-order valence-corrected chi connectivity index (χ1v) is 8.74. The van der Waals surface area contributed by atoms with Crippen LogP contribution in [0.4, 0.5) is 0 Å². The van der Waals surface area contributed by atoms with Crippen molar-refractivity contribution in [1.29, 1.82) is 0 Å². The molecular weight excluding hydrogens is 328 g/mol. The van der Waals surface area contributed by atoms with Gasteiger partial charge in [0.25, 0.3) is 0 Å². The molecule has 0 heterocycles. The van der Waals surface area contributed by atoms with E-state index in [1.54, 1.807) is 26.4 Å². The van der Waals surface area contributed by atoms with E-state index in [2.05, 4.69) is 0 Å². The number of rotatable bonds is 3. The summed E-state index contributed by atoms with van der Waals surface area (Å²) >= 11 is 0. The second-order valence-electron chi connectivity index (χ2n) is 8.58. The maximum Gasteiger partial charge on any atom is 0.168 e. The lowest BCUT2D eigenvalue weighted by molar-refractivity contribution is 0.338. The number of methoxy groups -OCH3 is 2. The molecule has 26 heavy (non-hydrogen) atoms. The maximum absolute atomic E-state index is 11.1. The van der Waals surface area contributed by atoms with E-state index in [0.717, 1.165) is 5.56 Å². The third-order valence-corrected chi connectivity index (χ3v) is 4.53. The predicted molar refractivity (Wildman–Crippen MR) is 106 cm³/mol. The first-order valence-electron chi connectivity index (χ1n) is 8.74. The number of ether oxygens (including phenoxy) is 2. The summed E-state index contributed by atoms with van der Waals surface area (Å²) in [7, 11) is 3.13. The van der Waals surface area contributed by atoms with Gasteiger partial charge in [-0.25, -0.2) is 0 Å². The topological polar surface area (TPSA) is 58.9 Å². The zero-order valence-electron chi connectivity index (χ0n) is 17.0. The molecule has 0 saturated carbocycles. The molecule has 0 aliphatic carbocycles. The lowest BCUT2D eigenvalue weighted by Gasteiger charge is -2.27. The highest BCUT2D eigenvalue weighted by Crippen LogP contribution is 2.51. The van der Waals surface area contributed by atoms with E-state index in [1.807, 2.05) is 53.7 Å². The van der Waals surface area contributed by atoms with Gasteiger partial charge in [0.1, 0.15) is 11.5 Å². The number of benzene rings is 2. The van der Waals surface area contributed by atoms with E-state index in [0.29, 0.717) is 28.2 Å². The van der Waals surface area contributed by atoms with Gasteiger partial charge in [-0.2, -0.15) is 0 Å². The van der Waals surface area contributed by atoms with Crippen molar-refractivity contribution < 1.29 is 19.7 Å². The van der Waals surface area contributed by atoms with Crippen LogP contribution in [0.5, 0.6) is 23.0 Å². The van der Waals surface area contributed by atoms with Crippen LogP contribution in [0.15, 0.2) is 24.3 Å². The van der Waals surface area contributed by atoms with Crippen molar-refractivity contribution in [3.63, 3.8) is 0 Å². The number of hydrogen-bond acceptors (Lipinski definition) is 4. The molecule has 0 radical (unpaired) electrons. The molecule has 0 spiro atoms. The summed E-state index contributed by atoms with van der Waals surface area (Å²) in [5, 5.41) is 22.0. The van der Waals surface area contributed by atoms with Crippen molar-refractivity contribution in [2.45, 2.75) is 52.4 Å². The fourth-order valence-electron chi connectivity index (χ4n) is 3.25. The van der Waals surface area contributed by atoms with Crippen LogP contribution in [0, 0.1) is 0 Å². The molecule has 4 heteroatoms. The predicted octanol–water partition coefficient (Wildman–Crippen LogP) is 5.38. The Bertz CT molecular complexity index is 808. The summed E-state index contributed by atoms with van der Waals surface area (Å²) in [6, 6.07) is 7.31. The van der Waals surface area contributed by atoms with Crippen LogP contribution in [0.1, 0.15) is 52.7 Å². The average molecular weight is 358 g/mol. The summed E-state index contributed by atoms with van der Waals surface area (Å²) in [4.78, 5) is 0. The molecule has 0 atom stereocenters. The largest absolute Gasteiger partial charge is 0.507 e. The molecule has 2 aromatic rings. The molecule has 0 aliphatic rings. The van der Waals surface area contributed by atoms with Crippen LogP contribution in [0.3, 0.4) is 0 Å². The number of hydrogen-bond donors (Lipinski definition) is 2. The highest BCUT2D eigenvalue weighted by atomic mass is 16.5. The lowest BCUT2D eigenvalue weighted by atomic mass is 9.81. The summed E-state index contributed by atoms with van der Waals surface area (Å²) in [5.41, 5.74) is 1.96. The van der Waals surface area contributed by atoms with Gasteiger partial charge < -0.3 is 19.7 Å². The van der Waals surface area contributed by atoms with Crippen LogP contribution in [-0.4, -0.2) is 24.4 Å². The smallest absolute Gasteiger partial charge is 0.168 e. The molecule has 0 saturated heterocycles.